The first-order valence-electron chi connectivity index (χ1n) is 5.26. The summed E-state index contributed by atoms with van der Waals surface area (Å²) in [4.78, 5) is 22.4. The van der Waals surface area contributed by atoms with Crippen molar-refractivity contribution in [2.75, 3.05) is 0 Å². The molecule has 0 unspecified atom stereocenters. The van der Waals surface area contributed by atoms with Gasteiger partial charge in [-0.2, -0.15) is 5.10 Å². The first kappa shape index (κ1) is 11.8. The molecular formula is C12H11N3O3. The Morgan fingerprint density at radius 1 is 1.33 bits per heavy atom. The number of nitrogens with one attached hydrogen (secondary N) is 2. The lowest BCUT2D eigenvalue weighted by Crippen LogP contribution is -2.23. The molecular weight excluding hydrogens is 234 g/mol. The maximum atomic E-state index is 11.6. The molecule has 6 nitrogen and oxygen atoms in total. The molecule has 0 fully saturated rings. The molecule has 1 aromatic heterocycles. The monoisotopic (exact) mass is 245 g/mol. The second kappa shape index (κ2) is 5.13. The second-order valence-electron chi connectivity index (χ2n) is 3.66. The number of carboxylic acid groups (broad SMARTS) is 1. The molecule has 1 heterocycles. The van der Waals surface area contributed by atoms with Crippen LogP contribution in [0, 0.1) is 0 Å². The number of rotatable bonds is 4. The molecule has 0 radical (unpaired) electrons. The first-order valence-corrected chi connectivity index (χ1v) is 5.26. The Balaban J connectivity index is 2.00. The number of aromatic amines is 1. The van der Waals surface area contributed by atoms with E-state index in [0.717, 1.165) is 5.56 Å². The molecule has 0 aliphatic carbocycles. The van der Waals surface area contributed by atoms with E-state index in [1.807, 2.05) is 0 Å². The SMILES string of the molecule is O=C(O)c1cccc(CNC(=O)c2ccn[nH]2)c1. The van der Waals surface area contributed by atoms with Gasteiger partial charge in [0, 0.05) is 12.7 Å². The zero-order valence-electron chi connectivity index (χ0n) is 9.38. The molecule has 0 saturated heterocycles. The van der Waals surface area contributed by atoms with Crippen molar-refractivity contribution in [3.63, 3.8) is 0 Å². The molecule has 0 spiro atoms. The smallest absolute Gasteiger partial charge is 0.335 e. The largest absolute Gasteiger partial charge is 0.478 e. The summed E-state index contributed by atoms with van der Waals surface area (Å²) in [7, 11) is 0. The first-order chi connectivity index (χ1) is 8.66. The van der Waals surface area contributed by atoms with Gasteiger partial charge in [-0.05, 0) is 23.8 Å². The zero-order valence-corrected chi connectivity index (χ0v) is 9.38. The van der Waals surface area contributed by atoms with Crippen molar-refractivity contribution >= 4 is 11.9 Å². The van der Waals surface area contributed by atoms with E-state index in [2.05, 4.69) is 15.5 Å². The number of carbonyl (C=O) groups excluding carboxylic acids is 1. The summed E-state index contributed by atoms with van der Waals surface area (Å²) in [5.74, 6) is -1.27. The fourth-order valence-electron chi connectivity index (χ4n) is 1.47. The van der Waals surface area contributed by atoms with Gasteiger partial charge in [0.25, 0.3) is 5.91 Å². The number of benzene rings is 1. The van der Waals surface area contributed by atoms with Crippen molar-refractivity contribution in [1.82, 2.24) is 15.5 Å². The lowest BCUT2D eigenvalue weighted by atomic mass is 10.1. The van der Waals surface area contributed by atoms with Gasteiger partial charge in [0.2, 0.25) is 0 Å². The van der Waals surface area contributed by atoms with Crippen LogP contribution in [-0.4, -0.2) is 27.2 Å². The van der Waals surface area contributed by atoms with Crippen LogP contribution in [0.25, 0.3) is 0 Å². The van der Waals surface area contributed by atoms with Crippen LogP contribution in [0.5, 0.6) is 0 Å². The van der Waals surface area contributed by atoms with Crippen molar-refractivity contribution in [3.8, 4) is 0 Å². The number of aromatic carboxylic acids is 1. The quantitative estimate of drug-likeness (QED) is 0.749. The van der Waals surface area contributed by atoms with Gasteiger partial charge in [-0.15, -0.1) is 0 Å². The van der Waals surface area contributed by atoms with Gasteiger partial charge in [0.1, 0.15) is 5.69 Å². The predicted octanol–water partition coefficient (Wildman–Crippen LogP) is 1.04. The van der Waals surface area contributed by atoms with E-state index < -0.39 is 5.97 Å². The summed E-state index contributed by atoms with van der Waals surface area (Å²) in [5.41, 5.74) is 1.29. The molecule has 3 N–H and O–H groups in total. The van der Waals surface area contributed by atoms with E-state index in [0.29, 0.717) is 5.69 Å². The molecule has 6 heteroatoms. The standard InChI is InChI=1S/C12H11N3O3/c16-11(10-4-5-14-15-10)13-7-8-2-1-3-9(6-8)12(17)18/h1-6H,7H2,(H,13,16)(H,14,15)(H,17,18). The van der Waals surface area contributed by atoms with Crippen LogP contribution in [0.4, 0.5) is 0 Å². The fraction of sp³-hybridized carbons (Fsp3) is 0.0833. The molecule has 2 aromatic rings. The van der Waals surface area contributed by atoms with Crippen molar-refractivity contribution in [1.29, 1.82) is 0 Å². The highest BCUT2D eigenvalue weighted by atomic mass is 16.4. The van der Waals surface area contributed by atoms with Crippen LogP contribution >= 0.6 is 0 Å². The maximum absolute atomic E-state index is 11.6. The Hall–Kier alpha value is -2.63. The summed E-state index contributed by atoms with van der Waals surface area (Å²) in [6.07, 6.45) is 1.49. The highest BCUT2D eigenvalue weighted by molar-refractivity contribution is 5.92. The molecule has 92 valence electrons. The van der Waals surface area contributed by atoms with E-state index in [9.17, 15) is 9.59 Å². The van der Waals surface area contributed by atoms with Crippen LogP contribution in [0.15, 0.2) is 36.5 Å². The lowest BCUT2D eigenvalue weighted by molar-refractivity contribution is 0.0696. The van der Waals surface area contributed by atoms with Gasteiger partial charge >= 0.3 is 5.97 Å². The number of H-pyrrole nitrogens is 1. The minimum atomic E-state index is -0.989. The molecule has 1 amide bonds. The Morgan fingerprint density at radius 2 is 2.17 bits per heavy atom. The second-order valence-corrected chi connectivity index (χ2v) is 3.66. The summed E-state index contributed by atoms with van der Waals surface area (Å²) < 4.78 is 0. The number of amides is 1. The van der Waals surface area contributed by atoms with Crippen LogP contribution in [-0.2, 0) is 6.54 Å². The number of hydrogen-bond donors (Lipinski definition) is 3. The van der Waals surface area contributed by atoms with E-state index in [-0.39, 0.29) is 18.0 Å². The minimum absolute atomic E-state index is 0.197. The van der Waals surface area contributed by atoms with Crippen molar-refractivity contribution in [3.05, 3.63) is 53.3 Å². The Labute approximate surface area is 103 Å². The third-order valence-electron chi connectivity index (χ3n) is 2.37. The highest BCUT2D eigenvalue weighted by Gasteiger charge is 2.07. The third kappa shape index (κ3) is 2.73. The predicted molar refractivity (Wildman–Crippen MR) is 63.2 cm³/mol. The number of carbonyl (C=O) groups is 2. The molecule has 0 saturated carbocycles. The maximum Gasteiger partial charge on any atom is 0.335 e. The molecule has 18 heavy (non-hydrogen) atoms. The zero-order chi connectivity index (χ0) is 13.0. The fourth-order valence-corrected chi connectivity index (χ4v) is 1.47. The van der Waals surface area contributed by atoms with E-state index in [1.54, 1.807) is 18.2 Å². The van der Waals surface area contributed by atoms with Crippen LogP contribution in [0.2, 0.25) is 0 Å². The van der Waals surface area contributed by atoms with E-state index in [1.165, 1.54) is 18.3 Å². The van der Waals surface area contributed by atoms with Gasteiger partial charge in [-0.3, -0.25) is 9.89 Å². The number of carboxylic acids is 1. The molecule has 0 aliphatic heterocycles. The van der Waals surface area contributed by atoms with E-state index in [4.69, 9.17) is 5.11 Å². The Morgan fingerprint density at radius 3 is 2.83 bits per heavy atom. The van der Waals surface area contributed by atoms with Crippen molar-refractivity contribution in [2.24, 2.45) is 0 Å². The molecule has 0 atom stereocenters. The van der Waals surface area contributed by atoms with Gasteiger partial charge in [-0.25, -0.2) is 4.79 Å². The van der Waals surface area contributed by atoms with Gasteiger partial charge in [-0.1, -0.05) is 12.1 Å². The Bertz CT molecular complexity index is 564. The summed E-state index contributed by atoms with van der Waals surface area (Å²) in [6.45, 7) is 0.263. The minimum Gasteiger partial charge on any atom is -0.478 e. The molecule has 1 aromatic carbocycles. The highest BCUT2D eigenvalue weighted by Crippen LogP contribution is 2.05. The number of aromatic nitrogens is 2. The normalized spacial score (nSPS) is 10.0. The average molecular weight is 245 g/mol. The topological polar surface area (TPSA) is 95.1 Å². The average Bonchev–Trinajstić information content (AvgIpc) is 2.90. The molecule has 0 aliphatic rings. The van der Waals surface area contributed by atoms with Gasteiger partial charge < -0.3 is 10.4 Å². The number of nitrogens with zero attached hydrogens (tertiary/aromatic N) is 1. The lowest BCUT2D eigenvalue weighted by Gasteiger charge is -2.04. The van der Waals surface area contributed by atoms with Crippen LogP contribution < -0.4 is 5.32 Å². The summed E-state index contributed by atoms with van der Waals surface area (Å²) >= 11 is 0. The van der Waals surface area contributed by atoms with Crippen molar-refractivity contribution < 1.29 is 14.7 Å². The molecule has 0 bridgehead atoms. The van der Waals surface area contributed by atoms with Crippen molar-refractivity contribution in [2.45, 2.75) is 6.54 Å². The van der Waals surface area contributed by atoms with Crippen LogP contribution in [0.1, 0.15) is 26.4 Å². The third-order valence-corrected chi connectivity index (χ3v) is 2.37. The van der Waals surface area contributed by atoms with E-state index >= 15 is 0 Å². The van der Waals surface area contributed by atoms with Gasteiger partial charge in [0.05, 0.1) is 5.56 Å². The number of hydrogen-bond acceptors (Lipinski definition) is 3. The van der Waals surface area contributed by atoms with Crippen LogP contribution in [0.3, 0.4) is 0 Å². The summed E-state index contributed by atoms with van der Waals surface area (Å²) in [6, 6.07) is 7.97. The molecule has 2 rings (SSSR count). The van der Waals surface area contributed by atoms with Gasteiger partial charge in [0.15, 0.2) is 0 Å². The Kier molecular flexibility index (Phi) is 3.38. The summed E-state index contributed by atoms with van der Waals surface area (Å²) in [5, 5.41) is 17.7.